The molecule has 0 saturated carbocycles. The third-order valence-corrected chi connectivity index (χ3v) is 3.11. The number of amidine groups is 1. The summed E-state index contributed by atoms with van der Waals surface area (Å²) in [5, 5.41) is 11.0. The smallest absolute Gasteiger partial charge is 0.177 e. The first kappa shape index (κ1) is 11.1. The van der Waals surface area contributed by atoms with Crippen molar-refractivity contribution in [2.45, 2.75) is 5.03 Å². The van der Waals surface area contributed by atoms with Crippen molar-refractivity contribution in [1.82, 2.24) is 25.9 Å². The third-order valence-electron chi connectivity index (χ3n) is 2.68. The molecule has 1 aromatic carbocycles. The number of benzene rings is 1. The lowest BCUT2D eigenvalue weighted by Gasteiger charge is -2.11. The molecule has 3 rings (SSSR count). The molecular weight excluding hydrogens is 248 g/mol. The van der Waals surface area contributed by atoms with Crippen LogP contribution in [0.25, 0.3) is 5.69 Å². The summed E-state index contributed by atoms with van der Waals surface area (Å²) in [6.45, 7) is 0. The Morgan fingerprint density at radius 2 is 2.00 bits per heavy atom. The van der Waals surface area contributed by atoms with Gasteiger partial charge in [0.1, 0.15) is 5.03 Å². The van der Waals surface area contributed by atoms with Gasteiger partial charge in [-0.25, -0.2) is 10.2 Å². The lowest BCUT2D eigenvalue weighted by molar-refractivity contribution is 0.348. The van der Waals surface area contributed by atoms with Crippen molar-refractivity contribution in [3.8, 4) is 5.69 Å². The van der Waals surface area contributed by atoms with Gasteiger partial charge in [0.15, 0.2) is 5.84 Å². The van der Waals surface area contributed by atoms with E-state index in [0.29, 0.717) is 0 Å². The number of aromatic nitrogens is 2. The van der Waals surface area contributed by atoms with E-state index in [1.807, 2.05) is 37.4 Å². The van der Waals surface area contributed by atoms with Crippen molar-refractivity contribution in [3.05, 3.63) is 42.1 Å². The maximum Gasteiger partial charge on any atom is 0.177 e. The van der Waals surface area contributed by atoms with Crippen LogP contribution in [0.2, 0.25) is 0 Å². The van der Waals surface area contributed by atoms with Crippen LogP contribution in [0, 0.1) is 0 Å². The van der Waals surface area contributed by atoms with Crippen molar-refractivity contribution < 1.29 is 0 Å². The van der Waals surface area contributed by atoms with Crippen LogP contribution in [0.3, 0.4) is 0 Å². The van der Waals surface area contributed by atoms with Gasteiger partial charge in [0, 0.05) is 7.05 Å². The number of hydrogen-bond acceptors (Lipinski definition) is 6. The largest absolute Gasteiger partial charge is 0.274 e. The fourth-order valence-corrected chi connectivity index (χ4v) is 2.10. The number of hydrogen-bond donors (Lipinski definition) is 3. The molecule has 18 heavy (non-hydrogen) atoms. The first-order valence-corrected chi connectivity index (χ1v) is 5.87. The third kappa shape index (κ3) is 1.73. The highest BCUT2D eigenvalue weighted by Crippen LogP contribution is 2.20. The van der Waals surface area contributed by atoms with Gasteiger partial charge in [-0.15, -0.1) is 23.3 Å². The average Bonchev–Trinajstić information content (AvgIpc) is 2.96. The van der Waals surface area contributed by atoms with Gasteiger partial charge in [-0.3, -0.25) is 5.01 Å². The second-order valence-corrected chi connectivity index (χ2v) is 4.27. The molecule has 1 aromatic heterocycles. The predicted molar refractivity (Wildman–Crippen MR) is 71.4 cm³/mol. The van der Waals surface area contributed by atoms with Gasteiger partial charge in [0.2, 0.25) is 0 Å². The maximum absolute atomic E-state index is 4.53. The molecule has 0 saturated heterocycles. The molecule has 0 amide bonds. The molecule has 0 aliphatic carbocycles. The van der Waals surface area contributed by atoms with Crippen molar-refractivity contribution in [2.24, 2.45) is 5.10 Å². The van der Waals surface area contributed by atoms with E-state index in [1.165, 1.54) is 0 Å². The van der Waals surface area contributed by atoms with Gasteiger partial charge in [-0.1, -0.05) is 18.2 Å². The molecule has 2 heterocycles. The summed E-state index contributed by atoms with van der Waals surface area (Å²) in [5.74, 6) is 0.752. The summed E-state index contributed by atoms with van der Waals surface area (Å²) in [5.41, 5.74) is 7.37. The Labute approximate surface area is 110 Å². The van der Waals surface area contributed by atoms with E-state index >= 15 is 0 Å². The van der Waals surface area contributed by atoms with Crippen molar-refractivity contribution >= 4 is 18.5 Å². The summed E-state index contributed by atoms with van der Waals surface area (Å²) >= 11 is 4.53. The summed E-state index contributed by atoms with van der Waals surface area (Å²) < 4.78 is 1.77. The summed E-state index contributed by atoms with van der Waals surface area (Å²) in [6.07, 6.45) is 1.75. The van der Waals surface area contributed by atoms with Crippen molar-refractivity contribution in [3.63, 3.8) is 0 Å². The van der Waals surface area contributed by atoms with E-state index in [-0.39, 0.29) is 0 Å². The van der Waals surface area contributed by atoms with E-state index in [4.69, 9.17) is 0 Å². The molecule has 1 aliphatic rings. The minimum atomic E-state index is 0.748. The van der Waals surface area contributed by atoms with Gasteiger partial charge in [-0.05, 0) is 12.1 Å². The highest BCUT2D eigenvalue weighted by atomic mass is 32.1. The molecule has 2 aromatic rings. The zero-order valence-electron chi connectivity index (χ0n) is 9.70. The first-order chi connectivity index (χ1) is 8.77. The average molecular weight is 260 g/mol. The molecule has 1 aliphatic heterocycles. The number of rotatable bonds is 2. The lowest BCUT2D eigenvalue weighted by Crippen LogP contribution is -2.37. The lowest BCUT2D eigenvalue weighted by atomic mass is 10.3. The summed E-state index contributed by atoms with van der Waals surface area (Å²) in [6, 6.07) is 9.85. The Kier molecular flexibility index (Phi) is 2.69. The standard InChI is InChI=1S/C11H12N6S/c1-16-10(13-14-15-16)9-7-12-17(11(9)18)8-5-3-2-4-6-8/h2-7,14-15,18H,1H3. The van der Waals surface area contributed by atoms with E-state index in [0.717, 1.165) is 22.1 Å². The van der Waals surface area contributed by atoms with Gasteiger partial charge in [0.25, 0.3) is 0 Å². The van der Waals surface area contributed by atoms with Crippen LogP contribution >= 0.6 is 12.6 Å². The zero-order chi connectivity index (χ0) is 12.5. The maximum atomic E-state index is 4.53. The Morgan fingerprint density at radius 1 is 1.22 bits per heavy atom. The van der Waals surface area contributed by atoms with Crippen LogP contribution in [-0.4, -0.2) is 27.7 Å². The summed E-state index contributed by atoms with van der Waals surface area (Å²) in [7, 11) is 1.87. The zero-order valence-corrected chi connectivity index (χ0v) is 10.6. The van der Waals surface area contributed by atoms with Gasteiger partial charge >= 0.3 is 0 Å². The van der Waals surface area contributed by atoms with E-state index in [1.54, 1.807) is 15.9 Å². The molecule has 0 unspecified atom stereocenters. The number of para-hydroxylation sites is 1. The highest BCUT2D eigenvalue weighted by molar-refractivity contribution is 7.80. The number of thiol groups is 1. The number of nitrogens with zero attached hydrogens (tertiary/aromatic N) is 4. The molecule has 6 nitrogen and oxygen atoms in total. The molecule has 0 atom stereocenters. The van der Waals surface area contributed by atoms with E-state index < -0.39 is 0 Å². The molecule has 7 heteroatoms. The number of nitrogens with one attached hydrogen (secondary N) is 2. The second-order valence-electron chi connectivity index (χ2n) is 3.85. The van der Waals surface area contributed by atoms with Gasteiger partial charge in [-0.2, -0.15) is 5.10 Å². The highest BCUT2D eigenvalue weighted by Gasteiger charge is 2.20. The predicted octanol–water partition coefficient (Wildman–Crippen LogP) is 0.777. The first-order valence-electron chi connectivity index (χ1n) is 5.42. The molecule has 2 N–H and O–H groups in total. The van der Waals surface area contributed by atoms with Crippen LogP contribution in [0.5, 0.6) is 0 Å². The molecule has 0 fully saturated rings. The molecule has 92 valence electrons. The minimum Gasteiger partial charge on any atom is -0.274 e. The Balaban J connectivity index is 2.03. The Hall–Kier alpha value is -1.99. The summed E-state index contributed by atoms with van der Waals surface area (Å²) in [4.78, 5) is 0. The van der Waals surface area contributed by atoms with Crippen molar-refractivity contribution in [1.29, 1.82) is 0 Å². The fraction of sp³-hybridized carbons (Fsp3) is 0.0909. The minimum absolute atomic E-state index is 0.748. The van der Waals surface area contributed by atoms with Gasteiger partial charge in [0.05, 0.1) is 17.4 Å². The molecular formula is C11H12N6S. The number of hydrazine groups is 2. The second kappa shape index (κ2) is 4.35. The van der Waals surface area contributed by atoms with Crippen LogP contribution in [-0.2, 0) is 0 Å². The monoisotopic (exact) mass is 260 g/mol. The Bertz CT molecular complexity index is 591. The molecule has 0 spiro atoms. The topological polar surface area (TPSA) is 57.5 Å². The van der Waals surface area contributed by atoms with E-state index in [9.17, 15) is 0 Å². The molecule has 0 bridgehead atoms. The van der Waals surface area contributed by atoms with Crippen molar-refractivity contribution in [2.75, 3.05) is 7.05 Å². The SMILES string of the molecule is CN1NNN=C1c1cnn(-c2ccccc2)c1S. The normalized spacial score (nSPS) is 14.6. The number of hydrazone groups is 1. The van der Waals surface area contributed by atoms with Crippen LogP contribution < -0.4 is 11.1 Å². The Morgan fingerprint density at radius 3 is 2.67 bits per heavy atom. The molecule has 0 radical (unpaired) electrons. The van der Waals surface area contributed by atoms with Crippen LogP contribution in [0.15, 0.2) is 46.7 Å². The van der Waals surface area contributed by atoms with Crippen LogP contribution in [0.1, 0.15) is 5.56 Å². The van der Waals surface area contributed by atoms with Gasteiger partial charge < -0.3 is 0 Å². The quantitative estimate of drug-likeness (QED) is 0.698. The fourth-order valence-electron chi connectivity index (χ4n) is 1.78. The van der Waals surface area contributed by atoms with Crippen LogP contribution in [0.4, 0.5) is 0 Å². The van der Waals surface area contributed by atoms with E-state index in [2.05, 4.69) is 33.9 Å².